The molecule has 0 saturated carbocycles. The summed E-state index contributed by atoms with van der Waals surface area (Å²) in [7, 11) is -3.83. The van der Waals surface area contributed by atoms with Gasteiger partial charge in [0.2, 0.25) is 10.0 Å². The average molecular weight is 295 g/mol. The van der Waals surface area contributed by atoms with E-state index >= 15 is 0 Å². The number of carbonyl (C=O) groups is 1. The van der Waals surface area contributed by atoms with Crippen LogP contribution in [0.3, 0.4) is 0 Å². The SMILES string of the molecule is Cc1nc(C(=O)NCc2ccccc2S(N)(=O)=O)co1. The summed E-state index contributed by atoms with van der Waals surface area (Å²) in [5.41, 5.74) is 0.541. The third-order valence-corrected chi connectivity index (χ3v) is 3.58. The number of carbonyl (C=O) groups excluding carboxylic acids is 1. The van der Waals surface area contributed by atoms with E-state index in [2.05, 4.69) is 10.3 Å². The van der Waals surface area contributed by atoms with Gasteiger partial charge >= 0.3 is 0 Å². The van der Waals surface area contributed by atoms with Crippen LogP contribution in [0.2, 0.25) is 0 Å². The number of benzene rings is 1. The molecular weight excluding hydrogens is 282 g/mol. The molecule has 1 aromatic carbocycles. The zero-order valence-electron chi connectivity index (χ0n) is 10.7. The third-order valence-electron chi connectivity index (χ3n) is 2.57. The highest BCUT2D eigenvalue weighted by Crippen LogP contribution is 2.13. The maximum absolute atomic E-state index is 11.8. The first kappa shape index (κ1) is 14.2. The summed E-state index contributed by atoms with van der Waals surface area (Å²) in [5, 5.41) is 7.67. The second-order valence-electron chi connectivity index (χ2n) is 4.09. The minimum absolute atomic E-state index is 0.0170. The number of hydrogen-bond acceptors (Lipinski definition) is 5. The highest BCUT2D eigenvalue weighted by atomic mass is 32.2. The maximum atomic E-state index is 11.8. The zero-order chi connectivity index (χ0) is 14.8. The van der Waals surface area contributed by atoms with E-state index in [9.17, 15) is 13.2 Å². The molecule has 8 heteroatoms. The zero-order valence-corrected chi connectivity index (χ0v) is 11.5. The van der Waals surface area contributed by atoms with Gasteiger partial charge in [0.1, 0.15) is 6.26 Å². The number of rotatable bonds is 4. The molecule has 0 unspecified atom stereocenters. The molecule has 1 aromatic heterocycles. The van der Waals surface area contributed by atoms with Gasteiger partial charge in [-0.1, -0.05) is 18.2 Å². The number of nitrogens with one attached hydrogen (secondary N) is 1. The van der Waals surface area contributed by atoms with E-state index in [-0.39, 0.29) is 17.1 Å². The molecule has 0 aliphatic carbocycles. The molecule has 2 rings (SSSR count). The smallest absolute Gasteiger partial charge is 0.273 e. The lowest BCUT2D eigenvalue weighted by atomic mass is 10.2. The Balaban J connectivity index is 2.14. The van der Waals surface area contributed by atoms with E-state index in [4.69, 9.17) is 9.56 Å². The van der Waals surface area contributed by atoms with Gasteiger partial charge in [-0.3, -0.25) is 4.79 Å². The van der Waals surface area contributed by atoms with Crippen LogP contribution in [0.15, 0.2) is 39.8 Å². The molecule has 0 spiro atoms. The van der Waals surface area contributed by atoms with E-state index in [0.29, 0.717) is 11.5 Å². The van der Waals surface area contributed by atoms with Gasteiger partial charge in [-0.15, -0.1) is 0 Å². The maximum Gasteiger partial charge on any atom is 0.273 e. The van der Waals surface area contributed by atoms with Gasteiger partial charge in [-0.25, -0.2) is 18.5 Å². The van der Waals surface area contributed by atoms with Crippen LogP contribution in [0.25, 0.3) is 0 Å². The average Bonchev–Trinajstić information content (AvgIpc) is 2.82. The quantitative estimate of drug-likeness (QED) is 0.855. The van der Waals surface area contributed by atoms with Gasteiger partial charge in [0.15, 0.2) is 11.6 Å². The van der Waals surface area contributed by atoms with Gasteiger partial charge in [0, 0.05) is 13.5 Å². The van der Waals surface area contributed by atoms with Gasteiger partial charge in [-0.05, 0) is 11.6 Å². The highest BCUT2D eigenvalue weighted by Gasteiger charge is 2.15. The molecular formula is C12H13N3O4S. The molecule has 7 nitrogen and oxygen atoms in total. The van der Waals surface area contributed by atoms with Crippen molar-refractivity contribution in [2.75, 3.05) is 0 Å². The van der Waals surface area contributed by atoms with E-state index in [1.807, 2.05) is 0 Å². The molecule has 0 bridgehead atoms. The van der Waals surface area contributed by atoms with Gasteiger partial charge in [0.05, 0.1) is 4.90 Å². The fourth-order valence-electron chi connectivity index (χ4n) is 1.66. The summed E-state index contributed by atoms with van der Waals surface area (Å²) in [6, 6.07) is 6.19. The number of sulfonamides is 1. The molecule has 2 aromatic rings. The van der Waals surface area contributed by atoms with E-state index in [1.54, 1.807) is 25.1 Å². The van der Waals surface area contributed by atoms with Crippen molar-refractivity contribution in [1.82, 2.24) is 10.3 Å². The standard InChI is InChI=1S/C12H13N3O4S/c1-8-15-10(7-19-8)12(16)14-6-9-4-2-3-5-11(9)20(13,17)18/h2-5,7H,6H2,1H3,(H,14,16)(H2,13,17,18). The second kappa shape index (κ2) is 5.43. The number of aromatic nitrogens is 1. The van der Waals surface area contributed by atoms with Crippen molar-refractivity contribution in [2.45, 2.75) is 18.4 Å². The van der Waals surface area contributed by atoms with Gasteiger partial charge in [-0.2, -0.15) is 0 Å². The molecule has 106 valence electrons. The lowest BCUT2D eigenvalue weighted by Crippen LogP contribution is -2.25. The molecule has 0 aliphatic heterocycles. The molecule has 0 saturated heterocycles. The van der Waals surface area contributed by atoms with Crippen molar-refractivity contribution < 1.29 is 17.6 Å². The van der Waals surface area contributed by atoms with Crippen LogP contribution in [-0.2, 0) is 16.6 Å². The third kappa shape index (κ3) is 3.22. The monoisotopic (exact) mass is 295 g/mol. The molecule has 20 heavy (non-hydrogen) atoms. The summed E-state index contributed by atoms with van der Waals surface area (Å²) in [6.45, 7) is 1.64. The van der Waals surface area contributed by atoms with Crippen LogP contribution < -0.4 is 10.5 Å². The number of aryl methyl sites for hydroxylation is 1. The molecule has 1 heterocycles. The number of hydrogen-bond donors (Lipinski definition) is 2. The Morgan fingerprint density at radius 2 is 2.10 bits per heavy atom. The molecule has 0 fully saturated rings. The van der Waals surface area contributed by atoms with Crippen molar-refractivity contribution in [3.05, 3.63) is 47.7 Å². The van der Waals surface area contributed by atoms with E-state index < -0.39 is 15.9 Å². The summed E-state index contributed by atoms with van der Waals surface area (Å²) >= 11 is 0. The largest absolute Gasteiger partial charge is 0.448 e. The van der Waals surface area contributed by atoms with Crippen LogP contribution in [0.4, 0.5) is 0 Å². The van der Waals surface area contributed by atoms with Crippen molar-refractivity contribution >= 4 is 15.9 Å². The first-order chi connectivity index (χ1) is 9.38. The van der Waals surface area contributed by atoms with Crippen molar-refractivity contribution in [3.8, 4) is 0 Å². The summed E-state index contributed by atoms with van der Waals surface area (Å²) < 4.78 is 27.7. The Morgan fingerprint density at radius 3 is 2.70 bits per heavy atom. The Labute approximate surface area is 115 Å². The Morgan fingerprint density at radius 1 is 1.40 bits per heavy atom. The molecule has 3 N–H and O–H groups in total. The number of oxazole rings is 1. The summed E-state index contributed by atoms with van der Waals surface area (Å²) in [4.78, 5) is 15.6. The summed E-state index contributed by atoms with van der Waals surface area (Å²) in [5.74, 6) is -0.0776. The van der Waals surface area contributed by atoms with Crippen LogP contribution >= 0.6 is 0 Å². The molecule has 1 amide bonds. The fraction of sp³-hybridized carbons (Fsp3) is 0.167. The fourth-order valence-corrected chi connectivity index (χ4v) is 2.44. The topological polar surface area (TPSA) is 115 Å². The van der Waals surface area contributed by atoms with Crippen LogP contribution in [0.5, 0.6) is 0 Å². The molecule has 0 aliphatic rings. The van der Waals surface area contributed by atoms with Crippen LogP contribution in [-0.4, -0.2) is 19.3 Å². The minimum atomic E-state index is -3.83. The first-order valence-electron chi connectivity index (χ1n) is 5.69. The lowest BCUT2D eigenvalue weighted by Gasteiger charge is -2.08. The number of nitrogens with zero attached hydrogens (tertiary/aromatic N) is 1. The first-order valence-corrected chi connectivity index (χ1v) is 7.23. The van der Waals surface area contributed by atoms with Crippen LogP contribution in [0, 0.1) is 6.92 Å². The number of amides is 1. The van der Waals surface area contributed by atoms with E-state index in [1.165, 1.54) is 12.3 Å². The molecule has 0 atom stereocenters. The van der Waals surface area contributed by atoms with Crippen molar-refractivity contribution in [1.29, 1.82) is 0 Å². The highest BCUT2D eigenvalue weighted by molar-refractivity contribution is 7.89. The summed E-state index contributed by atoms with van der Waals surface area (Å²) in [6.07, 6.45) is 1.23. The number of nitrogens with two attached hydrogens (primary N) is 1. The second-order valence-corrected chi connectivity index (χ2v) is 5.62. The Kier molecular flexibility index (Phi) is 3.86. The predicted molar refractivity (Wildman–Crippen MR) is 70.2 cm³/mol. The lowest BCUT2D eigenvalue weighted by molar-refractivity contribution is 0.0945. The van der Waals surface area contributed by atoms with E-state index in [0.717, 1.165) is 0 Å². The molecule has 0 radical (unpaired) electrons. The van der Waals surface area contributed by atoms with Gasteiger partial charge < -0.3 is 9.73 Å². The van der Waals surface area contributed by atoms with Crippen molar-refractivity contribution in [3.63, 3.8) is 0 Å². The number of primary sulfonamides is 1. The Hall–Kier alpha value is -2.19. The normalized spacial score (nSPS) is 11.3. The van der Waals surface area contributed by atoms with Gasteiger partial charge in [0.25, 0.3) is 5.91 Å². The van der Waals surface area contributed by atoms with Crippen LogP contribution in [0.1, 0.15) is 21.9 Å². The van der Waals surface area contributed by atoms with Crippen molar-refractivity contribution in [2.24, 2.45) is 5.14 Å². The predicted octanol–water partition coefficient (Wildman–Crippen LogP) is 0.560. The Bertz CT molecular complexity index is 737. The minimum Gasteiger partial charge on any atom is -0.448 e.